The number of alkyl carbamates (subject to hydrolysis) is 2. The average Bonchev–Trinajstić information content (AvgIpc) is 3.74. The third kappa shape index (κ3) is 8.33. The molecule has 2 aromatic heterocycles. The monoisotopic (exact) mass is 870 g/mol. The number of rotatable bonds is 14. The van der Waals surface area contributed by atoms with E-state index in [4.69, 9.17) is 9.47 Å². The fourth-order valence-electron chi connectivity index (χ4n) is 6.45. The van der Waals surface area contributed by atoms with E-state index in [1.807, 2.05) is 38.1 Å². The van der Waals surface area contributed by atoms with Crippen LogP contribution in [-0.4, -0.2) is 94.1 Å². The van der Waals surface area contributed by atoms with Gasteiger partial charge in [0.15, 0.2) is 0 Å². The number of imidazole rings is 2. The highest BCUT2D eigenvalue weighted by Gasteiger charge is 2.31. The fourth-order valence-corrected chi connectivity index (χ4v) is 7.53. The molecular formula is C36H40Br2N8O8. The summed E-state index contributed by atoms with van der Waals surface area (Å²) < 4.78 is 23.1. The van der Waals surface area contributed by atoms with Gasteiger partial charge in [-0.25, -0.2) is 19.6 Å². The number of carbonyl (C=O) groups excluding carboxylic acids is 4. The number of aromatic nitrogens is 4. The van der Waals surface area contributed by atoms with Gasteiger partial charge in [0, 0.05) is 46.5 Å². The van der Waals surface area contributed by atoms with Gasteiger partial charge in [-0.2, -0.15) is 0 Å². The molecule has 4 heterocycles. The Morgan fingerprint density at radius 3 is 1.50 bits per heavy atom. The van der Waals surface area contributed by atoms with Crippen molar-refractivity contribution in [2.24, 2.45) is 0 Å². The van der Waals surface area contributed by atoms with Crippen LogP contribution in [-0.2, 0) is 45.4 Å². The Labute approximate surface area is 327 Å². The smallest absolute Gasteiger partial charge is 0.407 e. The predicted molar refractivity (Wildman–Crippen MR) is 203 cm³/mol. The first kappa shape index (κ1) is 38.6. The summed E-state index contributed by atoms with van der Waals surface area (Å²) in [6, 6.07) is 8.05. The summed E-state index contributed by atoms with van der Waals surface area (Å²) >= 11 is 7.19. The largest absolute Gasteiger partial charge is 0.488 e. The van der Waals surface area contributed by atoms with Crippen molar-refractivity contribution in [2.75, 3.05) is 40.4 Å². The standard InChI is InChI=1S/C36H40Br2N8O8/c1-5-7-45(27(47)13-39-35(49)51-3)15-25-41-31(33(37)43-25)19-9-21-17-54-24-12-20(10-22-18-53-23(11-19)29(21)30(22)24)32-34(38)44-26(42-32)16-46(8-6-2)28(48)14-40-36(50)52-4/h9-12H,5-8,13-18H2,1-4H3,(H,39,49)(H,40,50)(H,41,43)(H,42,44). The topological polar surface area (TPSA) is 193 Å². The molecule has 4 N–H and O–H groups in total. The first-order chi connectivity index (χ1) is 26.0. The molecule has 286 valence electrons. The molecule has 0 unspecified atom stereocenters. The normalized spacial score (nSPS) is 12.2. The summed E-state index contributed by atoms with van der Waals surface area (Å²) in [6.45, 7) is 5.62. The number of halogens is 2. The number of ether oxygens (including phenoxy) is 4. The highest BCUT2D eigenvalue weighted by molar-refractivity contribution is 9.10. The van der Waals surface area contributed by atoms with Crippen molar-refractivity contribution in [1.82, 2.24) is 40.4 Å². The molecule has 4 amide bonds. The summed E-state index contributed by atoms with van der Waals surface area (Å²) in [5, 5.41) is 4.88. The van der Waals surface area contributed by atoms with Crippen LogP contribution in [0.2, 0.25) is 0 Å². The molecule has 0 aliphatic carbocycles. The van der Waals surface area contributed by atoms with E-state index < -0.39 is 12.2 Å². The number of hydrogen-bond acceptors (Lipinski definition) is 10. The van der Waals surface area contributed by atoms with Crippen molar-refractivity contribution in [3.63, 3.8) is 0 Å². The number of aromatic amines is 2. The van der Waals surface area contributed by atoms with E-state index in [1.54, 1.807) is 9.80 Å². The maximum Gasteiger partial charge on any atom is 0.407 e. The van der Waals surface area contributed by atoms with Crippen molar-refractivity contribution in [3.05, 3.63) is 56.2 Å². The first-order valence-corrected chi connectivity index (χ1v) is 18.9. The van der Waals surface area contributed by atoms with Crippen molar-refractivity contribution in [2.45, 2.75) is 53.0 Å². The van der Waals surface area contributed by atoms with Gasteiger partial charge >= 0.3 is 12.2 Å². The van der Waals surface area contributed by atoms with Crippen LogP contribution in [0.4, 0.5) is 9.59 Å². The number of hydrogen-bond donors (Lipinski definition) is 4. The minimum atomic E-state index is -0.671. The first-order valence-electron chi connectivity index (χ1n) is 17.3. The lowest BCUT2D eigenvalue weighted by atomic mass is 9.87. The van der Waals surface area contributed by atoms with Gasteiger partial charge in [0.2, 0.25) is 11.8 Å². The molecular weight excluding hydrogens is 832 g/mol. The third-order valence-corrected chi connectivity index (χ3v) is 10.0. The zero-order valence-corrected chi connectivity index (χ0v) is 33.4. The van der Waals surface area contributed by atoms with Crippen LogP contribution in [0.5, 0.6) is 11.5 Å². The van der Waals surface area contributed by atoms with Crippen LogP contribution in [0.3, 0.4) is 0 Å². The molecule has 0 saturated carbocycles. The zero-order valence-electron chi connectivity index (χ0n) is 30.2. The zero-order chi connectivity index (χ0) is 38.5. The lowest BCUT2D eigenvalue weighted by Crippen LogP contribution is -2.40. The molecule has 2 aliphatic heterocycles. The van der Waals surface area contributed by atoms with E-state index in [0.29, 0.717) is 47.2 Å². The molecule has 18 heteroatoms. The van der Waals surface area contributed by atoms with E-state index in [1.165, 1.54) is 14.2 Å². The SMILES string of the molecule is CCCN(Cc1nc(Br)c(-c2cc3c4c(c2)OCc2cc(-c5[nH]c(CN(CCC)C(=O)CNC(=O)OC)nc5Br)cc(c2-4)OC3)[nH]1)C(=O)CNC(=O)OC. The number of benzene rings is 2. The second kappa shape index (κ2) is 16.9. The van der Waals surface area contributed by atoms with E-state index in [9.17, 15) is 19.2 Å². The quantitative estimate of drug-likeness (QED) is 0.123. The van der Waals surface area contributed by atoms with E-state index in [2.05, 4.69) is 71.9 Å². The maximum atomic E-state index is 12.9. The lowest BCUT2D eigenvalue weighted by molar-refractivity contribution is -0.131. The fraction of sp³-hybridized carbons (Fsp3) is 0.389. The summed E-state index contributed by atoms with van der Waals surface area (Å²) in [4.78, 5) is 68.0. The molecule has 2 aliphatic rings. The van der Waals surface area contributed by atoms with Crippen molar-refractivity contribution in [3.8, 4) is 45.1 Å². The Hall–Kier alpha value is -5.10. The van der Waals surface area contributed by atoms with E-state index >= 15 is 0 Å². The van der Waals surface area contributed by atoms with Gasteiger partial charge in [-0.3, -0.25) is 9.59 Å². The molecule has 0 bridgehead atoms. The van der Waals surface area contributed by atoms with Gasteiger partial charge < -0.3 is 49.3 Å². The number of nitrogens with one attached hydrogen (secondary N) is 4. The van der Waals surface area contributed by atoms with E-state index in [-0.39, 0.29) is 38.0 Å². The molecule has 0 spiro atoms. The molecule has 16 nitrogen and oxygen atoms in total. The minimum absolute atomic E-state index is 0.184. The Bertz CT molecular complexity index is 1890. The van der Waals surface area contributed by atoms with Crippen LogP contribution < -0.4 is 20.1 Å². The molecule has 54 heavy (non-hydrogen) atoms. The number of methoxy groups -OCH3 is 2. The second-order valence-corrected chi connectivity index (χ2v) is 14.1. The third-order valence-electron chi connectivity index (χ3n) is 8.89. The van der Waals surface area contributed by atoms with Crippen LogP contribution in [0, 0.1) is 0 Å². The maximum absolute atomic E-state index is 12.9. The average molecular weight is 873 g/mol. The van der Waals surface area contributed by atoms with Crippen molar-refractivity contribution < 1.29 is 38.1 Å². The van der Waals surface area contributed by atoms with Crippen LogP contribution in [0.15, 0.2) is 33.5 Å². The number of nitrogens with zero attached hydrogens (tertiary/aromatic N) is 4. The van der Waals surface area contributed by atoms with Gasteiger partial charge in [-0.1, -0.05) is 13.8 Å². The van der Waals surface area contributed by atoms with Crippen molar-refractivity contribution >= 4 is 55.9 Å². The number of carbonyl (C=O) groups is 4. The van der Waals surface area contributed by atoms with Gasteiger partial charge in [0.1, 0.15) is 58.7 Å². The molecule has 6 rings (SSSR count). The van der Waals surface area contributed by atoms with Crippen LogP contribution in [0.25, 0.3) is 33.6 Å². The van der Waals surface area contributed by atoms with Gasteiger partial charge in [-0.15, -0.1) is 0 Å². The molecule has 2 aromatic carbocycles. The highest BCUT2D eigenvalue weighted by atomic mass is 79.9. The Morgan fingerprint density at radius 1 is 0.722 bits per heavy atom. The van der Waals surface area contributed by atoms with Crippen LogP contribution in [0.1, 0.15) is 49.5 Å². The second-order valence-electron chi connectivity index (χ2n) is 12.6. The van der Waals surface area contributed by atoms with Gasteiger partial charge in [-0.05, 0) is 69.0 Å². The molecule has 4 aromatic rings. The summed E-state index contributed by atoms with van der Waals surface area (Å²) in [5.74, 6) is 2.09. The summed E-state index contributed by atoms with van der Waals surface area (Å²) in [5.41, 5.74) is 7.00. The summed E-state index contributed by atoms with van der Waals surface area (Å²) in [6.07, 6.45) is 0.118. The number of amides is 4. The Morgan fingerprint density at radius 2 is 1.13 bits per heavy atom. The molecule has 0 radical (unpaired) electrons. The Kier molecular flexibility index (Phi) is 12.1. The van der Waals surface area contributed by atoms with Gasteiger partial charge in [0.05, 0.1) is 38.7 Å². The van der Waals surface area contributed by atoms with Crippen molar-refractivity contribution in [1.29, 1.82) is 0 Å². The van der Waals surface area contributed by atoms with Crippen LogP contribution >= 0.6 is 31.9 Å². The lowest BCUT2D eigenvalue weighted by Gasteiger charge is -2.30. The Balaban J connectivity index is 1.22. The van der Waals surface area contributed by atoms with E-state index in [0.717, 1.165) is 69.1 Å². The molecule has 0 saturated heterocycles. The summed E-state index contributed by atoms with van der Waals surface area (Å²) in [7, 11) is 2.49. The highest BCUT2D eigenvalue weighted by Crippen LogP contribution is 2.51. The van der Waals surface area contributed by atoms with Gasteiger partial charge in [0.25, 0.3) is 0 Å². The number of H-pyrrole nitrogens is 2. The minimum Gasteiger partial charge on any atom is -0.488 e. The predicted octanol–water partition coefficient (Wildman–Crippen LogP) is 5.63. The molecule has 0 fully saturated rings. The molecule has 0 atom stereocenters.